The van der Waals surface area contributed by atoms with E-state index in [2.05, 4.69) is 0 Å². The molecule has 0 fully saturated rings. The molecule has 0 aliphatic carbocycles. The molecule has 0 aromatic carbocycles. The standard InChI is InChI=1S/C22H42N4O6S/c1-9-11-17(23)19(15(3)4)21(27)25(7)13-31-33(29,30)32-14-26(8)22(28)20(16(5)6)18(24)12-10-2/h17-18H,9-14,23-24H2,1-8H3. The van der Waals surface area contributed by atoms with Crippen LogP contribution in [0, 0.1) is 0 Å². The van der Waals surface area contributed by atoms with Gasteiger partial charge in [0.2, 0.25) is 0 Å². The number of nitrogens with two attached hydrogens (primary N) is 2. The minimum absolute atomic E-state index is 0.420. The van der Waals surface area contributed by atoms with E-state index in [4.69, 9.17) is 19.8 Å². The highest BCUT2D eigenvalue weighted by atomic mass is 32.3. The van der Waals surface area contributed by atoms with Gasteiger partial charge in [-0.2, -0.15) is 8.42 Å². The van der Waals surface area contributed by atoms with Gasteiger partial charge in [-0.05, 0) is 40.5 Å². The number of hydrogen-bond acceptors (Lipinski definition) is 8. The quantitative estimate of drug-likeness (QED) is 0.278. The Labute approximate surface area is 199 Å². The average Bonchev–Trinajstić information content (AvgIpc) is 2.70. The molecular formula is C22H42N4O6S. The summed E-state index contributed by atoms with van der Waals surface area (Å²) in [6, 6.07) is -0.906. The summed E-state index contributed by atoms with van der Waals surface area (Å²) in [5, 5.41) is 0. The van der Waals surface area contributed by atoms with Crippen LogP contribution in [0.15, 0.2) is 22.3 Å². The maximum Gasteiger partial charge on any atom is 0.403 e. The van der Waals surface area contributed by atoms with E-state index in [0.29, 0.717) is 24.0 Å². The first-order valence-electron chi connectivity index (χ1n) is 11.1. The number of allylic oxidation sites excluding steroid dienone is 2. The highest BCUT2D eigenvalue weighted by Gasteiger charge is 2.26. The molecule has 0 heterocycles. The number of carbonyl (C=O) groups is 2. The molecule has 2 unspecified atom stereocenters. The second kappa shape index (κ2) is 14.5. The van der Waals surface area contributed by atoms with Gasteiger partial charge in [-0.15, -0.1) is 0 Å². The Hall–Kier alpha value is -1.79. The van der Waals surface area contributed by atoms with Crippen molar-refractivity contribution in [1.29, 1.82) is 0 Å². The molecule has 10 nitrogen and oxygen atoms in total. The van der Waals surface area contributed by atoms with Crippen molar-refractivity contribution < 1.29 is 26.4 Å². The molecule has 2 atom stereocenters. The molecule has 0 saturated heterocycles. The van der Waals surface area contributed by atoms with Gasteiger partial charge in [0.25, 0.3) is 11.8 Å². The molecule has 0 saturated carbocycles. The molecule has 192 valence electrons. The van der Waals surface area contributed by atoms with Crippen molar-refractivity contribution in [3.63, 3.8) is 0 Å². The molecule has 0 aromatic rings. The summed E-state index contributed by atoms with van der Waals surface area (Å²) in [7, 11) is -1.66. The van der Waals surface area contributed by atoms with Gasteiger partial charge in [0.05, 0.1) is 0 Å². The van der Waals surface area contributed by atoms with E-state index in [9.17, 15) is 18.0 Å². The van der Waals surface area contributed by atoms with E-state index in [0.717, 1.165) is 33.8 Å². The normalized spacial score (nSPS) is 13.2. The van der Waals surface area contributed by atoms with Crippen molar-refractivity contribution >= 4 is 22.2 Å². The fourth-order valence-electron chi connectivity index (χ4n) is 3.25. The largest absolute Gasteiger partial charge is 0.403 e. The van der Waals surface area contributed by atoms with Crippen LogP contribution in [0.1, 0.15) is 67.2 Å². The van der Waals surface area contributed by atoms with Crippen LogP contribution in [-0.2, 0) is 28.4 Å². The zero-order valence-electron chi connectivity index (χ0n) is 21.3. The van der Waals surface area contributed by atoms with E-state index < -0.39 is 47.8 Å². The van der Waals surface area contributed by atoms with Gasteiger partial charge in [-0.25, -0.2) is 8.37 Å². The Kier molecular flexibility index (Phi) is 13.7. The Morgan fingerprint density at radius 3 is 1.30 bits per heavy atom. The van der Waals surface area contributed by atoms with Crippen LogP contribution in [0.5, 0.6) is 0 Å². The molecule has 0 aliphatic rings. The lowest BCUT2D eigenvalue weighted by molar-refractivity contribution is -0.128. The molecule has 0 radical (unpaired) electrons. The molecule has 0 rings (SSSR count). The molecule has 0 bridgehead atoms. The summed E-state index contributed by atoms with van der Waals surface area (Å²) < 4.78 is 34.0. The molecule has 0 spiro atoms. The zero-order chi connectivity index (χ0) is 25.9. The minimum Gasteiger partial charge on any atom is -0.324 e. The van der Waals surface area contributed by atoms with Crippen molar-refractivity contribution in [2.45, 2.75) is 79.3 Å². The molecule has 0 aliphatic heterocycles. The van der Waals surface area contributed by atoms with Crippen LogP contribution in [0.25, 0.3) is 0 Å². The summed E-state index contributed by atoms with van der Waals surface area (Å²) in [4.78, 5) is 27.7. The van der Waals surface area contributed by atoms with E-state index in [1.807, 2.05) is 13.8 Å². The van der Waals surface area contributed by atoms with Crippen LogP contribution < -0.4 is 11.5 Å². The number of carbonyl (C=O) groups excluding carboxylic acids is 2. The van der Waals surface area contributed by atoms with Gasteiger partial charge in [-0.3, -0.25) is 9.59 Å². The number of likely N-dealkylation sites (N-methyl/N-ethyl adjacent to an activating group) is 2. The molecule has 2 amide bonds. The smallest absolute Gasteiger partial charge is 0.324 e. The van der Waals surface area contributed by atoms with Crippen LogP contribution in [0.4, 0.5) is 0 Å². The van der Waals surface area contributed by atoms with Crippen molar-refractivity contribution in [2.24, 2.45) is 11.5 Å². The second-order valence-corrected chi connectivity index (χ2v) is 9.81. The molecule has 33 heavy (non-hydrogen) atoms. The number of nitrogens with zero attached hydrogens (tertiary/aromatic N) is 2. The predicted molar refractivity (Wildman–Crippen MR) is 129 cm³/mol. The second-order valence-electron chi connectivity index (χ2n) is 8.53. The Bertz CT molecular complexity index is 768. The maximum absolute atomic E-state index is 12.7. The first-order valence-corrected chi connectivity index (χ1v) is 12.4. The van der Waals surface area contributed by atoms with Gasteiger partial charge >= 0.3 is 10.4 Å². The Morgan fingerprint density at radius 1 is 0.758 bits per heavy atom. The zero-order valence-corrected chi connectivity index (χ0v) is 22.1. The minimum atomic E-state index is -4.47. The Morgan fingerprint density at radius 2 is 1.06 bits per heavy atom. The fraction of sp³-hybridized carbons (Fsp3) is 0.727. The third-order valence-corrected chi connectivity index (χ3v) is 5.74. The molecular weight excluding hydrogens is 448 g/mol. The molecule has 11 heteroatoms. The third kappa shape index (κ3) is 10.3. The third-order valence-electron chi connectivity index (χ3n) is 4.95. The van der Waals surface area contributed by atoms with Crippen LogP contribution in [-0.4, -0.2) is 69.7 Å². The summed E-state index contributed by atoms with van der Waals surface area (Å²) in [6.45, 7) is 9.90. The van der Waals surface area contributed by atoms with E-state index in [-0.39, 0.29) is 0 Å². The van der Waals surface area contributed by atoms with Crippen molar-refractivity contribution in [3.05, 3.63) is 22.3 Å². The van der Waals surface area contributed by atoms with Crippen LogP contribution in [0.2, 0.25) is 0 Å². The molecule has 4 N–H and O–H groups in total. The van der Waals surface area contributed by atoms with Crippen LogP contribution in [0.3, 0.4) is 0 Å². The summed E-state index contributed by atoms with van der Waals surface area (Å²) in [5.41, 5.74) is 14.6. The highest BCUT2D eigenvalue weighted by Crippen LogP contribution is 2.16. The number of hydrogen-bond donors (Lipinski definition) is 2. The van der Waals surface area contributed by atoms with Crippen molar-refractivity contribution in [1.82, 2.24) is 9.80 Å². The van der Waals surface area contributed by atoms with Gasteiger partial charge in [0, 0.05) is 37.3 Å². The summed E-state index contributed by atoms with van der Waals surface area (Å²) >= 11 is 0. The summed E-state index contributed by atoms with van der Waals surface area (Å²) in [6.07, 6.45) is 2.85. The summed E-state index contributed by atoms with van der Waals surface area (Å²) in [5.74, 6) is -0.840. The lowest BCUT2D eigenvalue weighted by atomic mass is 9.98. The van der Waals surface area contributed by atoms with Gasteiger partial charge in [0.1, 0.15) is 13.5 Å². The highest BCUT2D eigenvalue weighted by molar-refractivity contribution is 7.81. The Balaban J connectivity index is 5.08. The van der Waals surface area contributed by atoms with Gasteiger partial charge in [-0.1, -0.05) is 37.8 Å². The lowest BCUT2D eigenvalue weighted by Crippen LogP contribution is -2.39. The fourth-order valence-corrected chi connectivity index (χ4v) is 3.89. The first kappa shape index (κ1) is 31.2. The van der Waals surface area contributed by atoms with Gasteiger partial charge < -0.3 is 21.3 Å². The maximum atomic E-state index is 12.7. The lowest BCUT2D eigenvalue weighted by Gasteiger charge is -2.24. The van der Waals surface area contributed by atoms with Gasteiger partial charge in [0.15, 0.2) is 0 Å². The topological polar surface area (TPSA) is 145 Å². The SMILES string of the molecule is CCCC(N)C(C(=O)N(C)COS(=O)(=O)OCN(C)C(=O)C(=C(C)C)C(N)CCC)=C(C)C. The average molecular weight is 491 g/mol. The van der Waals surface area contributed by atoms with Crippen molar-refractivity contribution in [3.8, 4) is 0 Å². The molecule has 0 aromatic heterocycles. The first-order chi connectivity index (χ1) is 15.2. The predicted octanol–water partition coefficient (Wildman–Crippen LogP) is 2.02. The monoisotopic (exact) mass is 490 g/mol. The number of rotatable bonds is 14. The number of amides is 2. The van der Waals surface area contributed by atoms with Crippen LogP contribution >= 0.6 is 0 Å². The van der Waals surface area contributed by atoms with E-state index in [1.165, 1.54) is 14.1 Å². The van der Waals surface area contributed by atoms with E-state index >= 15 is 0 Å². The van der Waals surface area contributed by atoms with Crippen molar-refractivity contribution in [2.75, 3.05) is 27.6 Å². The van der Waals surface area contributed by atoms with E-state index in [1.54, 1.807) is 27.7 Å².